The Bertz CT molecular complexity index is 620. The summed E-state index contributed by atoms with van der Waals surface area (Å²) in [6.45, 7) is 8.81. The lowest BCUT2D eigenvalue weighted by Crippen LogP contribution is -2.37. The first-order chi connectivity index (χ1) is 11.2. The van der Waals surface area contributed by atoms with Crippen LogP contribution in [0.25, 0.3) is 0 Å². The van der Waals surface area contributed by atoms with Gasteiger partial charge < -0.3 is 15.0 Å². The van der Waals surface area contributed by atoms with Crippen LogP contribution in [0.1, 0.15) is 26.3 Å². The zero-order valence-corrected chi connectivity index (χ0v) is 15.1. The number of halogens is 2. The number of nitrogens with one attached hydrogen (secondary N) is 1. The van der Waals surface area contributed by atoms with Crippen LogP contribution in [0.15, 0.2) is 18.2 Å². The Morgan fingerprint density at radius 2 is 2.04 bits per heavy atom. The number of fused-ring (bicyclic) bond motifs is 1. The molecule has 1 aromatic rings. The zero-order chi connectivity index (χ0) is 17.5. The van der Waals surface area contributed by atoms with E-state index in [-0.39, 0.29) is 16.9 Å². The highest BCUT2D eigenvalue weighted by Gasteiger charge is 2.56. The Morgan fingerprint density at radius 3 is 2.62 bits per heavy atom. The van der Waals surface area contributed by atoms with Crippen molar-refractivity contribution in [1.82, 2.24) is 10.2 Å². The molecule has 0 radical (unpaired) electrons. The van der Waals surface area contributed by atoms with Crippen LogP contribution in [0.5, 0.6) is 0 Å². The molecule has 3 rings (SSSR count). The molecule has 4 nitrogen and oxygen atoms in total. The van der Waals surface area contributed by atoms with Crippen LogP contribution >= 0.6 is 11.6 Å². The predicted octanol–water partition coefficient (Wildman–Crippen LogP) is 3.68. The molecule has 0 bridgehead atoms. The third-order valence-corrected chi connectivity index (χ3v) is 5.01. The molecule has 2 aliphatic rings. The lowest BCUT2D eigenvalue weighted by Gasteiger charge is -2.26. The molecule has 1 amide bonds. The van der Waals surface area contributed by atoms with Crippen LogP contribution in [0.3, 0.4) is 0 Å². The van der Waals surface area contributed by atoms with Crippen LogP contribution in [0.4, 0.5) is 9.18 Å². The van der Waals surface area contributed by atoms with Crippen LogP contribution < -0.4 is 5.32 Å². The highest BCUT2D eigenvalue weighted by atomic mass is 35.5. The second kappa shape index (κ2) is 6.52. The molecule has 1 saturated heterocycles. The molecule has 1 aromatic carbocycles. The Morgan fingerprint density at radius 1 is 1.38 bits per heavy atom. The standard InChI is InChI=1S/C18H24ClFN2O2/c1-18(2,3)24-17(23)22-9-13-12(14(13)10-22)8-21-7-11-4-5-16(20)15(19)6-11/h4-6,12-14,21H,7-10H2,1-3H3. The van der Waals surface area contributed by atoms with Crippen LogP contribution in [-0.2, 0) is 11.3 Å². The Hall–Kier alpha value is -1.33. The van der Waals surface area contributed by atoms with Crippen molar-refractivity contribution in [2.45, 2.75) is 32.9 Å². The maximum absolute atomic E-state index is 13.1. The van der Waals surface area contributed by atoms with Gasteiger partial charge in [-0.25, -0.2) is 9.18 Å². The van der Waals surface area contributed by atoms with Crippen LogP contribution in [-0.4, -0.2) is 36.2 Å². The number of carbonyl (C=O) groups is 1. The number of likely N-dealkylation sites (tertiary alicyclic amines) is 1. The van der Waals surface area contributed by atoms with E-state index in [1.165, 1.54) is 6.07 Å². The highest BCUT2D eigenvalue weighted by Crippen LogP contribution is 2.51. The summed E-state index contributed by atoms with van der Waals surface area (Å²) in [5.41, 5.74) is 0.531. The second-order valence-electron chi connectivity index (χ2n) is 7.76. The van der Waals surface area contributed by atoms with Gasteiger partial charge in [-0.3, -0.25) is 0 Å². The first-order valence-electron chi connectivity index (χ1n) is 8.37. The minimum atomic E-state index is -0.443. The molecule has 24 heavy (non-hydrogen) atoms. The molecule has 132 valence electrons. The highest BCUT2D eigenvalue weighted by molar-refractivity contribution is 6.30. The smallest absolute Gasteiger partial charge is 0.410 e. The van der Waals surface area contributed by atoms with E-state index >= 15 is 0 Å². The summed E-state index contributed by atoms with van der Waals surface area (Å²) in [5, 5.41) is 3.56. The molecule has 1 heterocycles. The number of carbonyl (C=O) groups excluding carboxylic acids is 1. The van der Waals surface area contributed by atoms with E-state index < -0.39 is 5.60 Å². The molecule has 1 saturated carbocycles. The second-order valence-corrected chi connectivity index (χ2v) is 8.16. The molecule has 0 aromatic heterocycles. The SMILES string of the molecule is CC(C)(C)OC(=O)N1CC2C(CNCc3ccc(F)c(Cl)c3)C2C1. The maximum atomic E-state index is 13.1. The number of hydrogen-bond acceptors (Lipinski definition) is 3. The summed E-state index contributed by atoms with van der Waals surface area (Å²) in [6.07, 6.45) is -0.206. The van der Waals surface area contributed by atoms with Crippen molar-refractivity contribution in [3.8, 4) is 0 Å². The topological polar surface area (TPSA) is 41.6 Å². The average Bonchev–Trinajstić information content (AvgIpc) is 2.92. The van der Waals surface area contributed by atoms with E-state index in [0.29, 0.717) is 24.3 Å². The number of piperidine rings is 1. The van der Waals surface area contributed by atoms with Gasteiger partial charge in [-0.15, -0.1) is 0 Å². The van der Waals surface area contributed by atoms with E-state index in [2.05, 4.69) is 5.32 Å². The first-order valence-corrected chi connectivity index (χ1v) is 8.75. The molecule has 0 spiro atoms. The summed E-state index contributed by atoms with van der Waals surface area (Å²) in [5.74, 6) is 1.36. The average molecular weight is 355 g/mol. The van der Waals surface area contributed by atoms with Gasteiger partial charge in [-0.05, 0) is 62.8 Å². The zero-order valence-electron chi connectivity index (χ0n) is 14.3. The van der Waals surface area contributed by atoms with Crippen LogP contribution in [0.2, 0.25) is 5.02 Å². The summed E-state index contributed by atoms with van der Waals surface area (Å²) in [6, 6.07) is 4.79. The molecule has 1 aliphatic heterocycles. The number of amides is 1. The van der Waals surface area contributed by atoms with Gasteiger partial charge in [0, 0.05) is 19.6 Å². The minimum Gasteiger partial charge on any atom is -0.444 e. The number of rotatable bonds is 4. The van der Waals surface area contributed by atoms with Gasteiger partial charge in [0.15, 0.2) is 0 Å². The molecule has 6 heteroatoms. The normalized spacial score (nSPS) is 25.5. The van der Waals surface area contributed by atoms with Gasteiger partial charge in [0.25, 0.3) is 0 Å². The summed E-state index contributed by atoms with van der Waals surface area (Å²) < 4.78 is 18.5. The van der Waals surface area contributed by atoms with E-state index in [0.717, 1.165) is 25.2 Å². The van der Waals surface area contributed by atoms with Crippen molar-refractivity contribution in [1.29, 1.82) is 0 Å². The van der Waals surface area contributed by atoms with Gasteiger partial charge in [0.1, 0.15) is 11.4 Å². The van der Waals surface area contributed by atoms with Crippen molar-refractivity contribution >= 4 is 17.7 Å². The molecule has 1 aliphatic carbocycles. The molecular formula is C18H24ClFN2O2. The number of benzene rings is 1. The lowest BCUT2D eigenvalue weighted by molar-refractivity contribution is 0.0265. The summed E-state index contributed by atoms with van der Waals surface area (Å²) in [4.78, 5) is 13.9. The van der Waals surface area contributed by atoms with E-state index in [1.807, 2.05) is 25.7 Å². The van der Waals surface area contributed by atoms with Crippen LogP contribution in [0, 0.1) is 23.6 Å². The Balaban J connectivity index is 1.39. The summed E-state index contributed by atoms with van der Waals surface area (Å²) >= 11 is 5.78. The Kier molecular flexibility index (Phi) is 4.76. The van der Waals surface area contributed by atoms with Gasteiger partial charge in [0.05, 0.1) is 5.02 Å². The monoisotopic (exact) mass is 354 g/mol. The fourth-order valence-electron chi connectivity index (χ4n) is 3.46. The van der Waals surface area contributed by atoms with Crippen molar-refractivity contribution < 1.29 is 13.9 Å². The van der Waals surface area contributed by atoms with E-state index in [4.69, 9.17) is 16.3 Å². The van der Waals surface area contributed by atoms with E-state index in [1.54, 1.807) is 12.1 Å². The largest absolute Gasteiger partial charge is 0.444 e. The predicted molar refractivity (Wildman–Crippen MR) is 91.4 cm³/mol. The third kappa shape index (κ3) is 4.01. The maximum Gasteiger partial charge on any atom is 0.410 e. The molecule has 2 fully saturated rings. The van der Waals surface area contributed by atoms with Crippen molar-refractivity contribution in [3.63, 3.8) is 0 Å². The molecule has 1 N–H and O–H groups in total. The minimum absolute atomic E-state index is 0.158. The summed E-state index contributed by atoms with van der Waals surface area (Å²) in [7, 11) is 0. The lowest BCUT2D eigenvalue weighted by atomic mass is 10.2. The molecular weight excluding hydrogens is 331 g/mol. The fraction of sp³-hybridized carbons (Fsp3) is 0.611. The third-order valence-electron chi connectivity index (χ3n) is 4.72. The number of nitrogens with zero attached hydrogens (tertiary/aromatic N) is 1. The van der Waals surface area contributed by atoms with Crippen molar-refractivity contribution in [3.05, 3.63) is 34.6 Å². The van der Waals surface area contributed by atoms with Gasteiger partial charge >= 0.3 is 6.09 Å². The van der Waals surface area contributed by atoms with Gasteiger partial charge in [-0.2, -0.15) is 0 Å². The molecule has 2 atom stereocenters. The number of hydrogen-bond donors (Lipinski definition) is 1. The number of ether oxygens (including phenoxy) is 1. The van der Waals surface area contributed by atoms with Gasteiger partial charge in [-0.1, -0.05) is 17.7 Å². The molecule has 2 unspecified atom stereocenters. The Labute approximate surface area is 147 Å². The van der Waals surface area contributed by atoms with Crippen molar-refractivity contribution in [2.75, 3.05) is 19.6 Å². The quantitative estimate of drug-likeness (QED) is 0.896. The van der Waals surface area contributed by atoms with Crippen molar-refractivity contribution in [2.24, 2.45) is 17.8 Å². The fourth-order valence-corrected chi connectivity index (χ4v) is 3.66. The first kappa shape index (κ1) is 17.5. The van der Waals surface area contributed by atoms with Gasteiger partial charge in [0.2, 0.25) is 0 Å². The van der Waals surface area contributed by atoms with E-state index in [9.17, 15) is 9.18 Å².